The molecule has 0 saturated carbocycles. The van der Waals surface area contributed by atoms with E-state index in [0.717, 1.165) is 5.75 Å². The van der Waals surface area contributed by atoms with Gasteiger partial charge in [-0.05, 0) is 6.92 Å². The van der Waals surface area contributed by atoms with E-state index in [2.05, 4.69) is 30.9 Å². The van der Waals surface area contributed by atoms with E-state index in [1.54, 1.807) is 18.7 Å². The number of hydrogen-bond acceptors (Lipinski definition) is 5. The lowest BCUT2D eigenvalue weighted by Crippen LogP contribution is -2.08. The van der Waals surface area contributed by atoms with Crippen LogP contribution in [0, 0.1) is 0 Å². The van der Waals surface area contributed by atoms with Gasteiger partial charge < -0.3 is 9.63 Å². The van der Waals surface area contributed by atoms with Crippen molar-refractivity contribution in [3.63, 3.8) is 0 Å². The summed E-state index contributed by atoms with van der Waals surface area (Å²) in [5, 5.41) is 13.0. The molecule has 1 atom stereocenters. The van der Waals surface area contributed by atoms with Gasteiger partial charge in [0.05, 0.1) is 18.3 Å². The van der Waals surface area contributed by atoms with Crippen LogP contribution in [0.5, 0.6) is 0 Å². The van der Waals surface area contributed by atoms with Gasteiger partial charge in [-0.15, -0.1) is 11.8 Å². The van der Waals surface area contributed by atoms with Crippen LogP contribution >= 0.6 is 11.8 Å². The van der Waals surface area contributed by atoms with Crippen molar-refractivity contribution >= 4 is 11.8 Å². The molecule has 1 aromatic heterocycles. The molecule has 5 heteroatoms. The lowest BCUT2D eigenvalue weighted by atomic mass is 10.3. The number of thioether (sulfide) groups is 1. The van der Waals surface area contributed by atoms with Crippen LogP contribution in [0.15, 0.2) is 4.52 Å². The van der Waals surface area contributed by atoms with Crippen molar-refractivity contribution in [3.8, 4) is 0 Å². The molecule has 4 nitrogen and oxygen atoms in total. The van der Waals surface area contributed by atoms with Gasteiger partial charge in [-0.3, -0.25) is 0 Å². The zero-order valence-electron chi connectivity index (χ0n) is 9.65. The van der Waals surface area contributed by atoms with Crippen LogP contribution in [0.4, 0.5) is 0 Å². The fourth-order valence-electron chi connectivity index (χ4n) is 0.965. The van der Waals surface area contributed by atoms with Crippen LogP contribution in [-0.4, -0.2) is 26.1 Å². The van der Waals surface area contributed by atoms with E-state index in [-0.39, 0.29) is 4.75 Å². The predicted molar refractivity (Wildman–Crippen MR) is 60.7 cm³/mol. The Hall–Kier alpha value is -0.550. The topological polar surface area (TPSA) is 59.2 Å². The van der Waals surface area contributed by atoms with Crippen LogP contribution in [0.25, 0.3) is 0 Å². The van der Waals surface area contributed by atoms with Crippen molar-refractivity contribution in [3.05, 3.63) is 11.7 Å². The number of aromatic nitrogens is 2. The Morgan fingerprint density at radius 3 is 2.67 bits per heavy atom. The van der Waals surface area contributed by atoms with Gasteiger partial charge in [-0.2, -0.15) is 4.98 Å². The molecule has 1 heterocycles. The van der Waals surface area contributed by atoms with Crippen LogP contribution in [0.2, 0.25) is 0 Å². The predicted octanol–water partition coefficient (Wildman–Crippen LogP) is 2.02. The van der Waals surface area contributed by atoms with Crippen molar-refractivity contribution in [2.75, 3.05) is 0 Å². The van der Waals surface area contributed by atoms with Crippen molar-refractivity contribution in [2.45, 2.75) is 50.7 Å². The molecule has 1 unspecified atom stereocenters. The molecular formula is C10H18N2O2S. The highest BCUT2D eigenvalue weighted by Crippen LogP contribution is 2.26. The number of rotatable bonds is 4. The SMILES string of the molecule is CC(O)Cc1nc(CSC(C)(C)C)no1. The molecule has 15 heavy (non-hydrogen) atoms. The van der Waals surface area contributed by atoms with Gasteiger partial charge >= 0.3 is 0 Å². The van der Waals surface area contributed by atoms with Crippen LogP contribution in [-0.2, 0) is 12.2 Å². The smallest absolute Gasteiger partial charge is 0.229 e. The highest BCUT2D eigenvalue weighted by Gasteiger charge is 2.14. The fourth-order valence-corrected chi connectivity index (χ4v) is 1.64. The minimum atomic E-state index is -0.437. The lowest BCUT2D eigenvalue weighted by molar-refractivity contribution is 0.181. The summed E-state index contributed by atoms with van der Waals surface area (Å²) in [6.45, 7) is 8.14. The molecule has 0 aliphatic rings. The molecule has 0 radical (unpaired) electrons. The Labute approximate surface area is 94.5 Å². The summed E-state index contributed by atoms with van der Waals surface area (Å²) in [7, 11) is 0. The highest BCUT2D eigenvalue weighted by atomic mass is 32.2. The van der Waals surface area contributed by atoms with E-state index in [9.17, 15) is 0 Å². The number of hydrogen-bond donors (Lipinski definition) is 1. The molecular weight excluding hydrogens is 212 g/mol. The Kier molecular flexibility index (Phi) is 4.16. The van der Waals surface area contributed by atoms with Crippen molar-refractivity contribution in [1.29, 1.82) is 0 Å². The molecule has 0 bridgehead atoms. The van der Waals surface area contributed by atoms with Gasteiger partial charge in [0, 0.05) is 4.75 Å². The normalized spacial score (nSPS) is 14.2. The van der Waals surface area contributed by atoms with Crippen molar-refractivity contribution in [1.82, 2.24) is 10.1 Å². The van der Waals surface area contributed by atoms with Gasteiger partial charge in [-0.25, -0.2) is 0 Å². The van der Waals surface area contributed by atoms with Gasteiger partial charge in [0.1, 0.15) is 0 Å². The third kappa shape index (κ3) is 5.18. The van der Waals surface area contributed by atoms with Gasteiger partial charge in [0.2, 0.25) is 5.89 Å². The van der Waals surface area contributed by atoms with Crippen LogP contribution in [0.1, 0.15) is 39.4 Å². The summed E-state index contributed by atoms with van der Waals surface area (Å²) in [5.74, 6) is 1.95. The first kappa shape index (κ1) is 12.5. The molecule has 0 saturated heterocycles. The summed E-state index contributed by atoms with van der Waals surface area (Å²) < 4.78 is 5.21. The molecule has 0 aliphatic heterocycles. The quantitative estimate of drug-likeness (QED) is 0.857. The summed E-state index contributed by atoms with van der Waals surface area (Å²) in [5.41, 5.74) is 0. The largest absolute Gasteiger partial charge is 0.393 e. The first-order chi connectivity index (χ1) is 6.87. The molecule has 0 amide bonds. The zero-order chi connectivity index (χ0) is 11.5. The molecule has 1 N–H and O–H groups in total. The molecule has 86 valence electrons. The van der Waals surface area contributed by atoms with E-state index in [4.69, 9.17) is 9.63 Å². The van der Waals surface area contributed by atoms with Crippen LogP contribution < -0.4 is 0 Å². The Balaban J connectivity index is 2.46. The van der Waals surface area contributed by atoms with E-state index in [1.165, 1.54) is 0 Å². The second-order valence-electron chi connectivity index (χ2n) is 4.56. The Morgan fingerprint density at radius 1 is 1.47 bits per heavy atom. The molecule has 0 fully saturated rings. The van der Waals surface area contributed by atoms with Gasteiger partial charge in [0.15, 0.2) is 5.82 Å². The van der Waals surface area contributed by atoms with Crippen molar-refractivity contribution < 1.29 is 9.63 Å². The molecule has 0 aliphatic carbocycles. The van der Waals surface area contributed by atoms with E-state index >= 15 is 0 Å². The highest BCUT2D eigenvalue weighted by molar-refractivity contribution is 7.99. The number of aliphatic hydroxyl groups excluding tert-OH is 1. The Morgan fingerprint density at radius 2 is 2.13 bits per heavy atom. The van der Waals surface area contributed by atoms with E-state index in [1.807, 2.05) is 0 Å². The molecule has 1 rings (SSSR count). The maximum absolute atomic E-state index is 9.14. The average molecular weight is 230 g/mol. The first-order valence-electron chi connectivity index (χ1n) is 5.00. The molecule has 0 spiro atoms. The number of aliphatic hydroxyl groups is 1. The summed E-state index contributed by atoms with van der Waals surface area (Å²) in [4.78, 5) is 4.19. The second-order valence-corrected chi connectivity index (χ2v) is 6.36. The van der Waals surface area contributed by atoms with Crippen LogP contribution in [0.3, 0.4) is 0 Å². The second kappa shape index (κ2) is 4.99. The monoisotopic (exact) mass is 230 g/mol. The Bertz CT molecular complexity index is 305. The summed E-state index contributed by atoms with van der Waals surface area (Å²) in [6.07, 6.45) is -0.0127. The molecule has 1 aromatic rings. The van der Waals surface area contributed by atoms with E-state index < -0.39 is 6.10 Å². The van der Waals surface area contributed by atoms with Gasteiger partial charge in [-0.1, -0.05) is 25.9 Å². The summed E-state index contributed by atoms with van der Waals surface area (Å²) >= 11 is 1.77. The standard InChI is InChI=1S/C10H18N2O2S/c1-7(13)5-9-11-8(12-14-9)6-15-10(2,3)4/h7,13H,5-6H2,1-4H3. The fraction of sp³-hybridized carbons (Fsp3) is 0.800. The minimum absolute atomic E-state index is 0.199. The third-order valence-corrected chi connectivity index (χ3v) is 2.88. The number of nitrogens with zero attached hydrogens (tertiary/aromatic N) is 2. The maximum Gasteiger partial charge on any atom is 0.229 e. The third-order valence-electron chi connectivity index (χ3n) is 1.61. The maximum atomic E-state index is 9.14. The molecule has 0 aromatic carbocycles. The summed E-state index contributed by atoms with van der Waals surface area (Å²) in [6, 6.07) is 0. The minimum Gasteiger partial charge on any atom is -0.393 e. The van der Waals surface area contributed by atoms with E-state index in [0.29, 0.717) is 18.1 Å². The first-order valence-corrected chi connectivity index (χ1v) is 5.99. The average Bonchev–Trinajstić information content (AvgIpc) is 2.46. The lowest BCUT2D eigenvalue weighted by Gasteiger charge is -2.15. The van der Waals surface area contributed by atoms with Gasteiger partial charge in [0.25, 0.3) is 0 Å². The zero-order valence-corrected chi connectivity index (χ0v) is 10.5. The van der Waals surface area contributed by atoms with Crippen molar-refractivity contribution in [2.24, 2.45) is 0 Å².